The molecule has 0 radical (unpaired) electrons. The van der Waals surface area contributed by atoms with E-state index in [0.29, 0.717) is 10.7 Å². The van der Waals surface area contributed by atoms with Gasteiger partial charge in [0.05, 0.1) is 10.5 Å². The molecule has 0 spiro atoms. The number of amides is 1. The third-order valence-electron chi connectivity index (χ3n) is 3.35. The SMILES string of the molecule is Cc1ccc(Cl)cc1NC(=O)COC(=O)/C=C/c1ccccc1[N+](=O)[O-]. The third-order valence-corrected chi connectivity index (χ3v) is 3.59. The summed E-state index contributed by atoms with van der Waals surface area (Å²) in [4.78, 5) is 33.9. The molecule has 1 N–H and O–H groups in total. The van der Waals surface area contributed by atoms with Crippen LogP contribution in [0.25, 0.3) is 6.08 Å². The minimum Gasteiger partial charge on any atom is -0.452 e. The van der Waals surface area contributed by atoms with Crippen LogP contribution in [0.1, 0.15) is 11.1 Å². The summed E-state index contributed by atoms with van der Waals surface area (Å²) in [5.41, 5.74) is 1.46. The summed E-state index contributed by atoms with van der Waals surface area (Å²) >= 11 is 5.87. The first-order valence-corrected chi connectivity index (χ1v) is 7.89. The topological polar surface area (TPSA) is 98.5 Å². The van der Waals surface area contributed by atoms with Crippen LogP contribution in [-0.4, -0.2) is 23.4 Å². The van der Waals surface area contributed by atoms with Gasteiger partial charge in [-0.1, -0.05) is 29.8 Å². The second-order valence-electron chi connectivity index (χ2n) is 5.26. The van der Waals surface area contributed by atoms with Gasteiger partial charge < -0.3 is 10.1 Å². The maximum Gasteiger partial charge on any atom is 0.331 e. The second-order valence-corrected chi connectivity index (χ2v) is 5.70. The molecule has 2 rings (SSSR count). The summed E-state index contributed by atoms with van der Waals surface area (Å²) in [6.07, 6.45) is 2.29. The van der Waals surface area contributed by atoms with E-state index in [1.807, 2.05) is 0 Å². The highest BCUT2D eigenvalue weighted by molar-refractivity contribution is 6.31. The zero-order valence-electron chi connectivity index (χ0n) is 13.8. The Kier molecular flexibility index (Phi) is 6.46. The number of aryl methyl sites for hydroxylation is 1. The highest BCUT2D eigenvalue weighted by Crippen LogP contribution is 2.20. The Bertz CT molecular complexity index is 880. The Labute approximate surface area is 154 Å². The Balaban J connectivity index is 1.91. The average molecular weight is 375 g/mol. The van der Waals surface area contributed by atoms with E-state index in [1.54, 1.807) is 31.2 Å². The standard InChI is InChI=1S/C18H15ClN2O5/c1-12-6-8-14(19)10-15(12)20-17(22)11-26-18(23)9-7-13-4-2-3-5-16(13)21(24)25/h2-10H,11H2,1H3,(H,20,22)/b9-7+. The summed E-state index contributed by atoms with van der Waals surface area (Å²) in [6.45, 7) is 1.31. The van der Waals surface area contributed by atoms with Gasteiger partial charge in [-0.05, 0) is 36.8 Å². The van der Waals surface area contributed by atoms with E-state index < -0.39 is 23.4 Å². The number of nitro groups is 1. The smallest absolute Gasteiger partial charge is 0.331 e. The molecule has 0 unspecified atom stereocenters. The van der Waals surface area contributed by atoms with Crippen LogP contribution in [0.2, 0.25) is 5.02 Å². The quantitative estimate of drug-likeness (QED) is 0.359. The van der Waals surface area contributed by atoms with Gasteiger partial charge in [0, 0.05) is 22.9 Å². The average Bonchev–Trinajstić information content (AvgIpc) is 2.61. The Hall–Kier alpha value is -3.19. The fourth-order valence-electron chi connectivity index (χ4n) is 2.05. The van der Waals surface area contributed by atoms with Crippen LogP contribution in [0.15, 0.2) is 48.5 Å². The highest BCUT2D eigenvalue weighted by atomic mass is 35.5. The number of esters is 1. The predicted octanol–water partition coefficient (Wildman–Crippen LogP) is 3.75. The molecular formula is C18H15ClN2O5. The molecule has 2 aromatic carbocycles. The first-order valence-electron chi connectivity index (χ1n) is 7.51. The number of nitrogens with one attached hydrogen (secondary N) is 1. The molecule has 0 heterocycles. The molecule has 0 aliphatic heterocycles. The Morgan fingerprint density at radius 2 is 2.00 bits per heavy atom. The molecule has 0 bridgehead atoms. The first-order chi connectivity index (χ1) is 12.4. The van der Waals surface area contributed by atoms with Gasteiger partial charge in [-0.2, -0.15) is 0 Å². The molecule has 0 atom stereocenters. The number of nitro benzene ring substituents is 1. The van der Waals surface area contributed by atoms with Crippen LogP contribution in [0.3, 0.4) is 0 Å². The zero-order valence-corrected chi connectivity index (χ0v) is 14.5. The summed E-state index contributed by atoms with van der Waals surface area (Å²) < 4.78 is 4.83. The number of hydrogen-bond donors (Lipinski definition) is 1. The maximum absolute atomic E-state index is 11.9. The lowest BCUT2D eigenvalue weighted by Crippen LogP contribution is -2.20. The summed E-state index contributed by atoms with van der Waals surface area (Å²) in [5, 5.41) is 14.0. The zero-order chi connectivity index (χ0) is 19.1. The van der Waals surface area contributed by atoms with Gasteiger partial charge in [-0.25, -0.2) is 4.79 Å². The van der Waals surface area contributed by atoms with Crippen molar-refractivity contribution in [3.8, 4) is 0 Å². The number of hydrogen-bond acceptors (Lipinski definition) is 5. The van der Waals surface area contributed by atoms with Crippen LogP contribution in [0, 0.1) is 17.0 Å². The van der Waals surface area contributed by atoms with Crippen molar-refractivity contribution in [2.45, 2.75) is 6.92 Å². The molecule has 134 valence electrons. The molecule has 7 nitrogen and oxygen atoms in total. The summed E-state index contributed by atoms with van der Waals surface area (Å²) in [5.74, 6) is -1.32. The number of para-hydroxylation sites is 1. The van der Waals surface area contributed by atoms with Crippen LogP contribution in [0.5, 0.6) is 0 Å². The van der Waals surface area contributed by atoms with E-state index in [9.17, 15) is 19.7 Å². The molecule has 0 saturated carbocycles. The molecule has 2 aromatic rings. The number of nitrogens with zero attached hydrogens (tertiary/aromatic N) is 1. The van der Waals surface area contributed by atoms with Gasteiger partial charge in [0.15, 0.2) is 6.61 Å². The van der Waals surface area contributed by atoms with Gasteiger partial charge in [0.1, 0.15) is 0 Å². The van der Waals surface area contributed by atoms with Gasteiger partial charge in [-0.15, -0.1) is 0 Å². The molecule has 26 heavy (non-hydrogen) atoms. The first kappa shape index (κ1) is 19.1. The fraction of sp³-hybridized carbons (Fsp3) is 0.111. The number of carbonyl (C=O) groups is 2. The van der Waals surface area contributed by atoms with Gasteiger partial charge in [0.25, 0.3) is 11.6 Å². The number of benzene rings is 2. The molecule has 0 aliphatic carbocycles. The van der Waals surface area contributed by atoms with E-state index >= 15 is 0 Å². The predicted molar refractivity (Wildman–Crippen MR) is 97.9 cm³/mol. The number of ether oxygens (including phenoxy) is 1. The lowest BCUT2D eigenvalue weighted by molar-refractivity contribution is -0.385. The van der Waals surface area contributed by atoms with Crippen LogP contribution in [0.4, 0.5) is 11.4 Å². The minimum absolute atomic E-state index is 0.134. The number of anilines is 1. The highest BCUT2D eigenvalue weighted by Gasteiger charge is 2.11. The van der Waals surface area contributed by atoms with Crippen molar-refractivity contribution in [3.05, 3.63) is 74.8 Å². The number of carbonyl (C=O) groups excluding carboxylic acids is 2. The fourth-order valence-corrected chi connectivity index (χ4v) is 2.22. The molecule has 0 aromatic heterocycles. The molecule has 0 saturated heterocycles. The van der Waals surface area contributed by atoms with E-state index in [0.717, 1.165) is 11.6 Å². The normalized spacial score (nSPS) is 10.5. The Morgan fingerprint density at radius 1 is 1.27 bits per heavy atom. The van der Waals surface area contributed by atoms with Crippen molar-refractivity contribution < 1.29 is 19.2 Å². The molecule has 1 amide bonds. The van der Waals surface area contributed by atoms with Crippen molar-refractivity contribution in [1.29, 1.82) is 0 Å². The minimum atomic E-state index is -0.791. The van der Waals surface area contributed by atoms with Crippen molar-refractivity contribution in [2.75, 3.05) is 11.9 Å². The van der Waals surface area contributed by atoms with Crippen LogP contribution >= 0.6 is 11.6 Å². The number of rotatable bonds is 6. The summed E-state index contributed by atoms with van der Waals surface area (Å²) in [7, 11) is 0. The maximum atomic E-state index is 11.9. The molecule has 8 heteroatoms. The molecule has 0 aliphatic rings. The van der Waals surface area contributed by atoms with Gasteiger partial charge in [0.2, 0.25) is 0 Å². The van der Waals surface area contributed by atoms with Crippen molar-refractivity contribution in [2.24, 2.45) is 0 Å². The van der Waals surface area contributed by atoms with Gasteiger partial charge in [-0.3, -0.25) is 14.9 Å². The van der Waals surface area contributed by atoms with Crippen molar-refractivity contribution in [1.82, 2.24) is 0 Å². The third kappa shape index (κ3) is 5.42. The van der Waals surface area contributed by atoms with Crippen LogP contribution in [-0.2, 0) is 14.3 Å². The second kappa shape index (κ2) is 8.77. The van der Waals surface area contributed by atoms with Crippen molar-refractivity contribution in [3.63, 3.8) is 0 Å². The monoisotopic (exact) mass is 374 g/mol. The van der Waals surface area contributed by atoms with Crippen LogP contribution < -0.4 is 5.32 Å². The lowest BCUT2D eigenvalue weighted by Gasteiger charge is -2.08. The largest absolute Gasteiger partial charge is 0.452 e. The summed E-state index contributed by atoms with van der Waals surface area (Å²) in [6, 6.07) is 11.0. The van der Waals surface area contributed by atoms with E-state index in [1.165, 1.54) is 24.3 Å². The van der Waals surface area contributed by atoms with E-state index in [4.69, 9.17) is 16.3 Å². The van der Waals surface area contributed by atoms with Crippen molar-refractivity contribution >= 4 is 40.9 Å². The lowest BCUT2D eigenvalue weighted by atomic mass is 10.1. The molecular weight excluding hydrogens is 360 g/mol. The Morgan fingerprint density at radius 3 is 2.73 bits per heavy atom. The van der Waals surface area contributed by atoms with Gasteiger partial charge >= 0.3 is 5.97 Å². The number of halogens is 1. The van der Waals surface area contributed by atoms with E-state index in [-0.39, 0.29) is 11.3 Å². The molecule has 0 fully saturated rings. The van der Waals surface area contributed by atoms with E-state index in [2.05, 4.69) is 5.32 Å².